The van der Waals surface area contributed by atoms with Gasteiger partial charge < -0.3 is 10.6 Å². The van der Waals surface area contributed by atoms with Crippen LogP contribution in [-0.4, -0.2) is 18.1 Å². The fraction of sp³-hybridized carbons (Fsp3) is 0.200. The van der Waals surface area contributed by atoms with Crippen LogP contribution in [0.4, 0.5) is 5.82 Å². The monoisotopic (exact) mass is 252 g/mol. The lowest BCUT2D eigenvalue weighted by Gasteiger charge is -2.23. The maximum atomic E-state index is 8.94. The molecule has 1 aromatic carbocycles. The van der Waals surface area contributed by atoms with Gasteiger partial charge in [-0.05, 0) is 17.7 Å². The van der Waals surface area contributed by atoms with Crippen molar-refractivity contribution in [3.63, 3.8) is 0 Å². The molecule has 1 aromatic heterocycles. The lowest BCUT2D eigenvalue weighted by Crippen LogP contribution is -2.29. The molecule has 0 amide bonds. The Hall–Kier alpha value is -2.38. The molecule has 0 unspecified atom stereocenters. The van der Waals surface area contributed by atoms with E-state index in [4.69, 9.17) is 11.0 Å². The number of nitrogens with zero attached hydrogens (tertiary/aromatic N) is 3. The summed E-state index contributed by atoms with van der Waals surface area (Å²) in [5.41, 5.74) is 7.46. The molecule has 4 heteroatoms. The molecule has 0 spiro atoms. The van der Waals surface area contributed by atoms with Gasteiger partial charge in [-0.15, -0.1) is 0 Å². The maximum Gasteiger partial charge on any atom is 0.130 e. The van der Waals surface area contributed by atoms with Gasteiger partial charge in [0, 0.05) is 25.8 Å². The third-order valence-electron chi connectivity index (χ3n) is 2.81. The van der Waals surface area contributed by atoms with Crippen LogP contribution in [0, 0.1) is 11.3 Å². The summed E-state index contributed by atoms with van der Waals surface area (Å²) in [4.78, 5) is 6.40. The molecule has 19 heavy (non-hydrogen) atoms. The molecular formula is C15H16N4. The first-order valence-corrected chi connectivity index (χ1v) is 6.18. The van der Waals surface area contributed by atoms with Crippen molar-refractivity contribution >= 4 is 5.82 Å². The first-order valence-electron chi connectivity index (χ1n) is 6.18. The second kappa shape index (κ2) is 6.53. The van der Waals surface area contributed by atoms with Crippen LogP contribution < -0.4 is 10.6 Å². The van der Waals surface area contributed by atoms with Crippen molar-refractivity contribution in [2.45, 2.75) is 6.54 Å². The summed E-state index contributed by atoms with van der Waals surface area (Å²) < 4.78 is 0. The minimum atomic E-state index is 0.547. The van der Waals surface area contributed by atoms with Gasteiger partial charge in [0.05, 0.1) is 11.6 Å². The summed E-state index contributed by atoms with van der Waals surface area (Å²) in [5.74, 6) is 0.786. The van der Waals surface area contributed by atoms with Crippen LogP contribution in [-0.2, 0) is 6.54 Å². The minimum absolute atomic E-state index is 0.547. The third-order valence-corrected chi connectivity index (χ3v) is 2.81. The molecule has 0 aliphatic rings. The van der Waals surface area contributed by atoms with Gasteiger partial charge in [-0.3, -0.25) is 0 Å². The third kappa shape index (κ3) is 3.54. The Labute approximate surface area is 113 Å². The van der Waals surface area contributed by atoms with Crippen molar-refractivity contribution in [2.75, 3.05) is 18.0 Å². The van der Waals surface area contributed by atoms with Crippen LogP contribution in [0.3, 0.4) is 0 Å². The van der Waals surface area contributed by atoms with Crippen molar-refractivity contribution in [1.82, 2.24) is 4.98 Å². The molecule has 1 heterocycles. The molecule has 0 saturated heterocycles. The van der Waals surface area contributed by atoms with Gasteiger partial charge in [0.15, 0.2) is 0 Å². The van der Waals surface area contributed by atoms with Crippen molar-refractivity contribution in [3.05, 3.63) is 59.8 Å². The quantitative estimate of drug-likeness (QED) is 0.882. The molecular weight excluding hydrogens is 236 g/mol. The summed E-state index contributed by atoms with van der Waals surface area (Å²) >= 11 is 0. The molecule has 0 atom stereocenters. The molecule has 0 fully saturated rings. The lowest BCUT2D eigenvalue weighted by atomic mass is 10.2. The highest BCUT2D eigenvalue weighted by molar-refractivity contribution is 5.45. The van der Waals surface area contributed by atoms with Gasteiger partial charge in [-0.1, -0.05) is 30.3 Å². The number of aromatic nitrogens is 1. The van der Waals surface area contributed by atoms with E-state index in [9.17, 15) is 0 Å². The van der Waals surface area contributed by atoms with Crippen LogP contribution in [0.15, 0.2) is 48.7 Å². The molecule has 0 bridgehead atoms. The number of nitriles is 1. The normalized spacial score (nSPS) is 9.89. The average molecular weight is 252 g/mol. The zero-order chi connectivity index (χ0) is 13.5. The smallest absolute Gasteiger partial charge is 0.130 e. The summed E-state index contributed by atoms with van der Waals surface area (Å²) in [5, 5.41) is 8.94. The van der Waals surface area contributed by atoms with Crippen molar-refractivity contribution in [1.29, 1.82) is 5.26 Å². The van der Waals surface area contributed by atoms with E-state index < -0.39 is 0 Å². The van der Waals surface area contributed by atoms with Crippen LogP contribution in [0.25, 0.3) is 0 Å². The van der Waals surface area contributed by atoms with Crippen LogP contribution in [0.2, 0.25) is 0 Å². The Morgan fingerprint density at radius 1 is 1.21 bits per heavy atom. The van der Waals surface area contributed by atoms with Gasteiger partial charge in [-0.2, -0.15) is 5.26 Å². The number of hydrogen-bond acceptors (Lipinski definition) is 4. The maximum absolute atomic E-state index is 8.94. The number of anilines is 1. The van der Waals surface area contributed by atoms with E-state index in [1.807, 2.05) is 18.2 Å². The summed E-state index contributed by atoms with van der Waals surface area (Å²) in [6.07, 6.45) is 1.66. The Morgan fingerprint density at radius 3 is 2.68 bits per heavy atom. The highest BCUT2D eigenvalue weighted by Crippen LogP contribution is 2.15. The summed E-state index contributed by atoms with van der Waals surface area (Å²) in [6.45, 7) is 1.99. The highest BCUT2D eigenvalue weighted by Gasteiger charge is 2.08. The van der Waals surface area contributed by atoms with E-state index in [1.54, 1.807) is 18.3 Å². The average Bonchev–Trinajstić information content (AvgIpc) is 2.48. The Morgan fingerprint density at radius 2 is 2.00 bits per heavy atom. The van der Waals surface area contributed by atoms with Gasteiger partial charge in [0.2, 0.25) is 0 Å². The van der Waals surface area contributed by atoms with E-state index in [-0.39, 0.29) is 0 Å². The molecule has 2 rings (SSSR count). The second-order valence-electron chi connectivity index (χ2n) is 4.21. The molecule has 2 N–H and O–H groups in total. The number of rotatable bonds is 5. The van der Waals surface area contributed by atoms with Crippen molar-refractivity contribution in [2.24, 2.45) is 5.73 Å². The standard InChI is InChI=1S/C15H16N4/c16-7-9-19(12-13-4-2-1-3-5-13)15-10-14(11-17)6-8-18-15/h1-6,8,10H,7,9,12,16H2. The SMILES string of the molecule is N#Cc1ccnc(N(CCN)Cc2ccccc2)c1. The molecule has 4 nitrogen and oxygen atoms in total. The van der Waals surface area contributed by atoms with E-state index >= 15 is 0 Å². The Balaban J connectivity index is 2.22. The van der Waals surface area contributed by atoms with E-state index in [0.29, 0.717) is 18.7 Å². The van der Waals surface area contributed by atoms with E-state index in [0.717, 1.165) is 12.4 Å². The highest BCUT2D eigenvalue weighted by atomic mass is 15.2. The van der Waals surface area contributed by atoms with E-state index in [2.05, 4.69) is 28.1 Å². The Bertz CT molecular complexity index is 560. The minimum Gasteiger partial charge on any atom is -0.351 e. The number of pyridine rings is 1. The topological polar surface area (TPSA) is 65.9 Å². The lowest BCUT2D eigenvalue weighted by molar-refractivity contribution is 0.776. The molecule has 0 aliphatic carbocycles. The van der Waals surface area contributed by atoms with E-state index in [1.165, 1.54) is 5.56 Å². The first-order chi connectivity index (χ1) is 9.33. The summed E-state index contributed by atoms with van der Waals surface area (Å²) in [7, 11) is 0. The first kappa shape index (κ1) is 13.1. The predicted molar refractivity (Wildman–Crippen MR) is 75.5 cm³/mol. The fourth-order valence-electron chi connectivity index (χ4n) is 1.90. The van der Waals surface area contributed by atoms with Gasteiger partial charge in [0.25, 0.3) is 0 Å². The van der Waals surface area contributed by atoms with Crippen LogP contribution >= 0.6 is 0 Å². The van der Waals surface area contributed by atoms with Gasteiger partial charge in [-0.25, -0.2) is 4.98 Å². The number of hydrogen-bond donors (Lipinski definition) is 1. The van der Waals surface area contributed by atoms with Crippen LogP contribution in [0.5, 0.6) is 0 Å². The molecule has 0 radical (unpaired) electrons. The molecule has 0 aliphatic heterocycles. The van der Waals surface area contributed by atoms with Crippen molar-refractivity contribution in [3.8, 4) is 6.07 Å². The molecule has 2 aromatic rings. The second-order valence-corrected chi connectivity index (χ2v) is 4.21. The number of benzene rings is 1. The Kier molecular flexibility index (Phi) is 4.49. The largest absolute Gasteiger partial charge is 0.351 e. The van der Waals surface area contributed by atoms with Gasteiger partial charge in [0.1, 0.15) is 5.82 Å². The zero-order valence-corrected chi connectivity index (χ0v) is 10.7. The van der Waals surface area contributed by atoms with Gasteiger partial charge >= 0.3 is 0 Å². The predicted octanol–water partition coefficient (Wildman–Crippen LogP) is 1.92. The summed E-state index contributed by atoms with van der Waals surface area (Å²) in [6, 6.07) is 15.8. The molecule has 96 valence electrons. The molecule has 0 saturated carbocycles. The van der Waals surface area contributed by atoms with Crippen LogP contribution in [0.1, 0.15) is 11.1 Å². The fourth-order valence-corrected chi connectivity index (χ4v) is 1.90. The van der Waals surface area contributed by atoms with Crippen molar-refractivity contribution < 1.29 is 0 Å². The zero-order valence-electron chi connectivity index (χ0n) is 10.7. The number of nitrogens with two attached hydrogens (primary N) is 1.